The molecule has 3 amide bonds. The lowest BCUT2D eigenvalue weighted by atomic mass is 9.97. The van der Waals surface area contributed by atoms with E-state index in [2.05, 4.69) is 29.4 Å². The lowest BCUT2D eigenvalue weighted by molar-refractivity contribution is -0.121. The number of nitrogens with one attached hydrogen (secondary N) is 1. The average Bonchev–Trinajstić information content (AvgIpc) is 3.00. The monoisotopic (exact) mass is 371 g/mol. The number of anilines is 1. The molecule has 0 radical (unpaired) electrons. The summed E-state index contributed by atoms with van der Waals surface area (Å²) in [4.78, 5) is 27.8. The second kappa shape index (κ2) is 8.66. The maximum absolute atomic E-state index is 12.5. The van der Waals surface area contributed by atoms with Gasteiger partial charge in [-0.05, 0) is 19.3 Å². The number of thioether (sulfide) groups is 1. The number of rotatable bonds is 5. The van der Waals surface area contributed by atoms with E-state index in [0.717, 1.165) is 23.6 Å². The Bertz CT molecular complexity index is 578. The number of carbonyl (C=O) groups is 2. The first-order valence-corrected chi connectivity index (χ1v) is 9.87. The van der Waals surface area contributed by atoms with Crippen LogP contribution in [0.5, 0.6) is 0 Å². The largest absolute Gasteiger partial charge is 0.331 e. The van der Waals surface area contributed by atoms with Crippen LogP contribution in [0.15, 0.2) is 4.34 Å². The van der Waals surface area contributed by atoms with Gasteiger partial charge in [0.25, 0.3) is 0 Å². The third kappa shape index (κ3) is 5.07. The summed E-state index contributed by atoms with van der Waals surface area (Å²) in [6, 6.07) is -0.0457. The van der Waals surface area contributed by atoms with Crippen molar-refractivity contribution in [3.63, 3.8) is 0 Å². The van der Waals surface area contributed by atoms with Crippen molar-refractivity contribution < 1.29 is 9.59 Å². The molecular formula is C15H25N5O2S2. The Hall–Kier alpha value is -1.35. The lowest BCUT2D eigenvalue weighted by Crippen LogP contribution is -2.47. The van der Waals surface area contributed by atoms with E-state index in [1.54, 1.807) is 35.7 Å². The molecule has 0 saturated carbocycles. The van der Waals surface area contributed by atoms with Crippen LogP contribution in [0.4, 0.5) is 9.93 Å². The molecule has 9 heteroatoms. The van der Waals surface area contributed by atoms with Crippen LogP contribution >= 0.6 is 23.1 Å². The van der Waals surface area contributed by atoms with E-state index >= 15 is 0 Å². The molecule has 1 saturated heterocycles. The minimum Gasteiger partial charge on any atom is -0.331 e. The maximum atomic E-state index is 12.5. The van der Waals surface area contributed by atoms with Gasteiger partial charge in [0, 0.05) is 32.4 Å². The Kier molecular flexibility index (Phi) is 6.85. The first-order valence-electron chi connectivity index (χ1n) is 8.18. The highest BCUT2D eigenvalue weighted by Gasteiger charge is 2.29. The fourth-order valence-electron chi connectivity index (χ4n) is 2.42. The molecule has 1 aromatic heterocycles. The lowest BCUT2D eigenvalue weighted by Gasteiger charge is -2.33. The third-order valence-corrected chi connectivity index (χ3v) is 6.15. The minimum atomic E-state index is -0.197. The highest BCUT2D eigenvalue weighted by atomic mass is 32.2. The molecule has 1 fully saturated rings. The topological polar surface area (TPSA) is 78.4 Å². The summed E-state index contributed by atoms with van der Waals surface area (Å²) in [5, 5.41) is 12.0. The Morgan fingerprint density at radius 1 is 1.46 bits per heavy atom. The van der Waals surface area contributed by atoms with Crippen LogP contribution < -0.4 is 5.32 Å². The molecule has 0 aromatic carbocycles. The average molecular weight is 372 g/mol. The predicted octanol–water partition coefficient (Wildman–Crippen LogP) is 2.76. The van der Waals surface area contributed by atoms with Crippen LogP contribution in [0.3, 0.4) is 0 Å². The Morgan fingerprint density at radius 3 is 2.88 bits per heavy atom. The number of amides is 3. The van der Waals surface area contributed by atoms with E-state index in [1.165, 1.54) is 11.3 Å². The molecule has 0 aliphatic carbocycles. The van der Waals surface area contributed by atoms with Crippen LogP contribution in [0.25, 0.3) is 0 Å². The zero-order valence-electron chi connectivity index (χ0n) is 14.6. The molecule has 2 atom stereocenters. The van der Waals surface area contributed by atoms with Crippen LogP contribution in [0, 0.1) is 5.92 Å². The van der Waals surface area contributed by atoms with Crippen molar-refractivity contribution in [2.24, 2.45) is 5.92 Å². The van der Waals surface area contributed by atoms with Crippen LogP contribution in [-0.2, 0) is 4.79 Å². The predicted molar refractivity (Wildman–Crippen MR) is 97.5 cm³/mol. The van der Waals surface area contributed by atoms with Crippen LogP contribution in [0.2, 0.25) is 0 Å². The fourth-order valence-corrected chi connectivity index (χ4v) is 4.42. The van der Waals surface area contributed by atoms with Gasteiger partial charge >= 0.3 is 6.03 Å². The summed E-state index contributed by atoms with van der Waals surface area (Å²) >= 11 is 3.07. The number of piperidine rings is 1. The number of carbonyl (C=O) groups excluding carboxylic acids is 2. The second-order valence-corrected chi connectivity index (χ2v) is 8.82. The van der Waals surface area contributed by atoms with Gasteiger partial charge in [-0.15, -0.1) is 10.2 Å². The van der Waals surface area contributed by atoms with Crippen molar-refractivity contribution in [2.45, 2.75) is 42.7 Å². The second-order valence-electron chi connectivity index (χ2n) is 6.16. The highest BCUT2D eigenvalue weighted by molar-refractivity contribution is 8.01. The molecule has 1 aromatic rings. The summed E-state index contributed by atoms with van der Waals surface area (Å²) in [6.45, 7) is 5.43. The van der Waals surface area contributed by atoms with Crippen molar-refractivity contribution in [3.8, 4) is 0 Å². The molecule has 0 spiro atoms. The van der Waals surface area contributed by atoms with Gasteiger partial charge in [0.1, 0.15) is 0 Å². The summed E-state index contributed by atoms with van der Waals surface area (Å²) in [6.07, 6.45) is 2.68. The summed E-state index contributed by atoms with van der Waals surface area (Å²) < 4.78 is 0.868. The Morgan fingerprint density at radius 2 is 2.21 bits per heavy atom. The normalized spacial score (nSPS) is 19.0. The summed E-state index contributed by atoms with van der Waals surface area (Å²) in [5.41, 5.74) is 0. The number of hydrogen-bond acceptors (Lipinski definition) is 6. The molecule has 1 N–H and O–H groups in total. The Labute approximate surface area is 151 Å². The quantitative estimate of drug-likeness (QED) is 0.636. The zero-order chi connectivity index (χ0) is 17.7. The first kappa shape index (κ1) is 19.0. The molecule has 24 heavy (non-hydrogen) atoms. The summed E-state index contributed by atoms with van der Waals surface area (Å²) in [7, 11) is 3.45. The van der Waals surface area contributed by atoms with Gasteiger partial charge in [-0.3, -0.25) is 4.79 Å². The van der Waals surface area contributed by atoms with Gasteiger partial charge in [-0.2, -0.15) is 0 Å². The molecule has 134 valence electrons. The van der Waals surface area contributed by atoms with Gasteiger partial charge in [0.2, 0.25) is 11.0 Å². The summed E-state index contributed by atoms with van der Waals surface area (Å²) in [5.74, 6) is -0.278. The van der Waals surface area contributed by atoms with Gasteiger partial charge in [-0.1, -0.05) is 36.9 Å². The number of urea groups is 1. The van der Waals surface area contributed by atoms with Crippen molar-refractivity contribution >= 4 is 40.2 Å². The van der Waals surface area contributed by atoms with E-state index in [0.29, 0.717) is 23.5 Å². The van der Waals surface area contributed by atoms with Crippen LogP contribution in [-0.4, -0.2) is 64.4 Å². The highest BCUT2D eigenvalue weighted by Crippen LogP contribution is 2.30. The van der Waals surface area contributed by atoms with Crippen molar-refractivity contribution in [2.75, 3.05) is 32.5 Å². The molecule has 1 aliphatic heterocycles. The standard InChI is InChI=1S/C15H25N5O2S2/c1-5-10(2)23-14-18-17-13(24-14)16-12(21)11-7-6-8-20(9-11)15(22)19(3)4/h10-11H,5-9H2,1-4H3,(H,16,17,21)/t10-,11+/m1/s1. The fraction of sp³-hybridized carbons (Fsp3) is 0.733. The molecule has 2 heterocycles. The molecular weight excluding hydrogens is 346 g/mol. The molecule has 0 unspecified atom stereocenters. The zero-order valence-corrected chi connectivity index (χ0v) is 16.2. The van der Waals surface area contributed by atoms with E-state index in [4.69, 9.17) is 0 Å². The number of likely N-dealkylation sites (tertiary alicyclic amines) is 1. The van der Waals surface area contributed by atoms with Gasteiger partial charge in [0.05, 0.1) is 5.92 Å². The van der Waals surface area contributed by atoms with Gasteiger partial charge < -0.3 is 15.1 Å². The van der Waals surface area contributed by atoms with E-state index in [9.17, 15) is 9.59 Å². The molecule has 7 nitrogen and oxygen atoms in total. The first-order chi connectivity index (χ1) is 11.4. The third-order valence-electron chi connectivity index (χ3n) is 3.96. The van der Waals surface area contributed by atoms with E-state index in [1.807, 2.05) is 0 Å². The van der Waals surface area contributed by atoms with Crippen molar-refractivity contribution in [1.29, 1.82) is 0 Å². The number of aromatic nitrogens is 2. The van der Waals surface area contributed by atoms with Crippen LogP contribution in [0.1, 0.15) is 33.1 Å². The molecule has 1 aliphatic rings. The van der Waals surface area contributed by atoms with Gasteiger partial charge in [0.15, 0.2) is 4.34 Å². The Balaban J connectivity index is 1.91. The van der Waals surface area contributed by atoms with E-state index in [-0.39, 0.29) is 17.9 Å². The maximum Gasteiger partial charge on any atom is 0.319 e. The number of nitrogens with zero attached hydrogens (tertiary/aromatic N) is 4. The van der Waals surface area contributed by atoms with Crippen molar-refractivity contribution in [1.82, 2.24) is 20.0 Å². The van der Waals surface area contributed by atoms with Crippen molar-refractivity contribution in [3.05, 3.63) is 0 Å². The number of hydrogen-bond donors (Lipinski definition) is 1. The smallest absolute Gasteiger partial charge is 0.319 e. The van der Waals surface area contributed by atoms with E-state index < -0.39 is 0 Å². The molecule has 0 bridgehead atoms. The molecule has 2 rings (SSSR count). The SMILES string of the molecule is CC[C@@H](C)Sc1nnc(NC(=O)[C@H]2CCCN(C(=O)N(C)C)C2)s1. The minimum absolute atomic E-state index is 0.0457. The van der Waals surface area contributed by atoms with Gasteiger partial charge in [-0.25, -0.2) is 4.79 Å².